The molecular weight excluding hydrogens is 328 g/mol. The van der Waals surface area contributed by atoms with Crippen LogP contribution >= 0.6 is 0 Å². The van der Waals surface area contributed by atoms with Crippen molar-refractivity contribution in [2.24, 2.45) is 5.92 Å². The van der Waals surface area contributed by atoms with Gasteiger partial charge in [-0.15, -0.1) is 0 Å². The maximum absolute atomic E-state index is 12.6. The third-order valence-corrected chi connectivity index (χ3v) is 5.13. The van der Waals surface area contributed by atoms with Crippen molar-refractivity contribution >= 4 is 11.6 Å². The second-order valence-electron chi connectivity index (χ2n) is 7.45. The van der Waals surface area contributed by atoms with Crippen LogP contribution in [-0.4, -0.2) is 72.8 Å². The Hall–Kier alpha value is -1.04. The van der Waals surface area contributed by atoms with E-state index in [1.165, 1.54) is 0 Å². The molecule has 3 unspecified atom stereocenters. The zero-order chi connectivity index (χ0) is 20.4. The number of likely N-dealkylation sites (N-methyl/N-ethyl adjacent to an activating group) is 2. The lowest BCUT2D eigenvalue weighted by atomic mass is 10.00. The van der Waals surface area contributed by atoms with Crippen LogP contribution in [0.1, 0.15) is 54.9 Å². The predicted molar refractivity (Wildman–Crippen MR) is 108 cm³/mol. The molecule has 0 fully saturated rings. The number of carbonyl (C=O) groups is 2. The smallest absolute Gasteiger partial charge is 0.174 e. The first-order valence-corrected chi connectivity index (χ1v) is 9.84. The quantitative estimate of drug-likeness (QED) is 0.441. The second kappa shape index (κ2) is 12.4. The topological polar surface area (TPSA) is 49.9 Å². The van der Waals surface area contributed by atoms with Gasteiger partial charge in [0.05, 0.1) is 18.7 Å². The summed E-state index contributed by atoms with van der Waals surface area (Å²) in [5.74, 6) is 0.305. The molecule has 3 atom stereocenters. The summed E-state index contributed by atoms with van der Waals surface area (Å²) in [6.07, 6.45) is 0.890. The lowest BCUT2D eigenvalue weighted by Gasteiger charge is -2.36. The van der Waals surface area contributed by atoms with Crippen LogP contribution in [0.4, 0.5) is 0 Å². The third kappa shape index (κ3) is 7.29. The summed E-state index contributed by atoms with van der Waals surface area (Å²) in [5.41, 5.74) is 0.598. The van der Waals surface area contributed by atoms with Crippen LogP contribution in [0, 0.1) is 5.92 Å². The molecule has 0 aliphatic rings. The average molecular weight is 369 g/mol. The molecule has 0 aliphatic carbocycles. The second-order valence-corrected chi connectivity index (χ2v) is 7.45. The highest BCUT2D eigenvalue weighted by Gasteiger charge is 2.29. The molecule has 152 valence electrons. The van der Waals surface area contributed by atoms with E-state index in [0.29, 0.717) is 12.2 Å². The molecule has 0 heterocycles. The zero-order valence-electron chi connectivity index (χ0n) is 18.2. The number of nitrogens with zero attached hydrogens (tertiary/aromatic N) is 2. The zero-order valence-corrected chi connectivity index (χ0v) is 18.2. The molecule has 26 heavy (non-hydrogen) atoms. The summed E-state index contributed by atoms with van der Waals surface area (Å²) >= 11 is 0. The number of ketones is 2. The summed E-state index contributed by atoms with van der Waals surface area (Å²) < 4.78 is 5.30. The predicted octanol–water partition coefficient (Wildman–Crippen LogP) is 3.18. The van der Waals surface area contributed by atoms with E-state index < -0.39 is 0 Å². The van der Waals surface area contributed by atoms with E-state index in [1.54, 1.807) is 14.0 Å². The normalized spacial score (nSPS) is 15.3. The summed E-state index contributed by atoms with van der Waals surface area (Å²) in [6, 6.07) is -0.138. The maximum atomic E-state index is 12.6. The van der Waals surface area contributed by atoms with Gasteiger partial charge in [0, 0.05) is 25.6 Å². The SMILES string of the molecule is C=C(C)C(=O)C(C)N(CC)C(C)CCN(CC)C(COC)C(=O)C(C)C. The molecule has 0 N–H and O–H groups in total. The van der Waals surface area contributed by atoms with E-state index in [2.05, 4.69) is 37.1 Å². The standard InChI is InChI=1S/C21H40N2O3/c1-10-22(19(14-26-9)21(25)16(5)6)13-12-17(7)23(11-2)18(8)20(24)15(3)4/h16-19H,3,10-14H2,1-2,4-9H3. The third-order valence-electron chi connectivity index (χ3n) is 5.13. The van der Waals surface area contributed by atoms with E-state index in [0.717, 1.165) is 26.1 Å². The Kier molecular flexibility index (Phi) is 11.9. The van der Waals surface area contributed by atoms with Gasteiger partial charge in [-0.25, -0.2) is 0 Å². The van der Waals surface area contributed by atoms with Crippen LogP contribution in [-0.2, 0) is 14.3 Å². The number of ether oxygens (including phenoxy) is 1. The average Bonchev–Trinajstić information content (AvgIpc) is 2.59. The Morgan fingerprint density at radius 2 is 1.65 bits per heavy atom. The van der Waals surface area contributed by atoms with Gasteiger partial charge in [-0.2, -0.15) is 0 Å². The number of methoxy groups -OCH3 is 1. The number of Topliss-reactive ketones (excluding diaryl/α,β-unsaturated/α-hetero) is 2. The van der Waals surface area contributed by atoms with Gasteiger partial charge in [-0.05, 0) is 45.9 Å². The Labute approximate surface area is 160 Å². The van der Waals surface area contributed by atoms with E-state index >= 15 is 0 Å². The van der Waals surface area contributed by atoms with E-state index in [4.69, 9.17) is 4.74 Å². The highest BCUT2D eigenvalue weighted by atomic mass is 16.5. The molecule has 0 saturated heterocycles. The molecule has 0 rings (SSSR count). The molecule has 0 spiro atoms. The first kappa shape index (κ1) is 25.0. The molecule has 5 heteroatoms. The molecule has 0 bridgehead atoms. The number of carbonyl (C=O) groups excluding carboxylic acids is 2. The number of rotatable bonds is 14. The van der Waals surface area contributed by atoms with Crippen LogP contribution in [0.5, 0.6) is 0 Å². The summed E-state index contributed by atoms with van der Waals surface area (Å²) in [5, 5.41) is 0. The summed E-state index contributed by atoms with van der Waals surface area (Å²) in [6.45, 7) is 20.5. The van der Waals surface area contributed by atoms with Crippen LogP contribution in [0.15, 0.2) is 12.2 Å². The van der Waals surface area contributed by atoms with Crippen LogP contribution < -0.4 is 0 Å². The highest BCUT2D eigenvalue weighted by Crippen LogP contribution is 2.15. The largest absolute Gasteiger partial charge is 0.383 e. The van der Waals surface area contributed by atoms with Crippen molar-refractivity contribution in [2.75, 3.05) is 33.4 Å². The van der Waals surface area contributed by atoms with Gasteiger partial charge in [-0.3, -0.25) is 19.4 Å². The van der Waals surface area contributed by atoms with Crippen molar-refractivity contribution in [1.82, 2.24) is 9.80 Å². The molecular formula is C21H40N2O3. The van der Waals surface area contributed by atoms with Gasteiger partial charge in [0.15, 0.2) is 11.6 Å². The van der Waals surface area contributed by atoms with E-state index in [-0.39, 0.29) is 35.6 Å². The van der Waals surface area contributed by atoms with Gasteiger partial charge >= 0.3 is 0 Å². The minimum Gasteiger partial charge on any atom is -0.383 e. The number of hydrogen-bond acceptors (Lipinski definition) is 5. The molecule has 0 amide bonds. The van der Waals surface area contributed by atoms with Crippen molar-refractivity contribution in [3.8, 4) is 0 Å². The van der Waals surface area contributed by atoms with Gasteiger partial charge in [0.2, 0.25) is 0 Å². The number of hydrogen-bond donors (Lipinski definition) is 0. The summed E-state index contributed by atoms with van der Waals surface area (Å²) in [7, 11) is 1.64. The Balaban J connectivity index is 5.04. The fourth-order valence-electron chi connectivity index (χ4n) is 3.44. The minimum atomic E-state index is -0.207. The molecule has 0 aromatic rings. The lowest BCUT2D eigenvalue weighted by Crippen LogP contribution is -2.49. The summed E-state index contributed by atoms with van der Waals surface area (Å²) in [4.78, 5) is 29.2. The highest BCUT2D eigenvalue weighted by molar-refractivity contribution is 5.98. The Morgan fingerprint density at radius 1 is 1.08 bits per heavy atom. The van der Waals surface area contributed by atoms with Crippen molar-refractivity contribution in [2.45, 2.75) is 73.0 Å². The van der Waals surface area contributed by atoms with Crippen molar-refractivity contribution in [3.05, 3.63) is 12.2 Å². The van der Waals surface area contributed by atoms with Gasteiger partial charge < -0.3 is 4.74 Å². The van der Waals surface area contributed by atoms with Gasteiger partial charge in [-0.1, -0.05) is 34.3 Å². The van der Waals surface area contributed by atoms with E-state index in [9.17, 15) is 9.59 Å². The van der Waals surface area contributed by atoms with Crippen molar-refractivity contribution < 1.29 is 14.3 Å². The first-order valence-electron chi connectivity index (χ1n) is 9.84. The fraction of sp³-hybridized carbons (Fsp3) is 0.810. The van der Waals surface area contributed by atoms with Crippen molar-refractivity contribution in [3.63, 3.8) is 0 Å². The van der Waals surface area contributed by atoms with Gasteiger partial charge in [0.1, 0.15) is 0 Å². The fourth-order valence-corrected chi connectivity index (χ4v) is 3.44. The molecule has 0 radical (unpaired) electrons. The Morgan fingerprint density at radius 3 is 2.04 bits per heavy atom. The minimum absolute atomic E-state index is 0.0121. The first-order chi connectivity index (χ1) is 12.1. The van der Waals surface area contributed by atoms with Crippen LogP contribution in [0.2, 0.25) is 0 Å². The monoisotopic (exact) mass is 368 g/mol. The molecule has 0 saturated carbocycles. The maximum Gasteiger partial charge on any atom is 0.174 e. The van der Waals surface area contributed by atoms with Gasteiger partial charge in [0.25, 0.3) is 0 Å². The lowest BCUT2D eigenvalue weighted by molar-refractivity contribution is -0.129. The molecule has 5 nitrogen and oxygen atoms in total. The molecule has 0 aliphatic heterocycles. The van der Waals surface area contributed by atoms with Crippen molar-refractivity contribution in [1.29, 1.82) is 0 Å². The van der Waals surface area contributed by atoms with Crippen LogP contribution in [0.3, 0.4) is 0 Å². The van der Waals surface area contributed by atoms with E-state index in [1.807, 2.05) is 20.8 Å². The van der Waals surface area contributed by atoms with Crippen LogP contribution in [0.25, 0.3) is 0 Å². The molecule has 0 aromatic heterocycles. The Bertz CT molecular complexity index is 462. The molecule has 0 aromatic carbocycles.